The molecule has 2 aromatic carbocycles. The zero-order valence-corrected chi connectivity index (χ0v) is 21.9. The van der Waals surface area contributed by atoms with Gasteiger partial charge in [0.15, 0.2) is 11.5 Å². The van der Waals surface area contributed by atoms with Crippen molar-refractivity contribution in [2.45, 2.75) is 56.9 Å². The average Bonchev–Trinajstić information content (AvgIpc) is 2.80. The van der Waals surface area contributed by atoms with E-state index < -0.39 is 10.0 Å². The summed E-state index contributed by atoms with van der Waals surface area (Å²) in [5, 5.41) is 0. The van der Waals surface area contributed by atoms with Crippen LogP contribution in [0.25, 0.3) is 0 Å². The van der Waals surface area contributed by atoms with Gasteiger partial charge in [0, 0.05) is 19.6 Å². The Hall–Kier alpha value is -1.80. The first-order valence-electron chi connectivity index (χ1n) is 11.3. The summed E-state index contributed by atoms with van der Waals surface area (Å²) in [6, 6.07) is 11.4. The van der Waals surface area contributed by atoms with Crippen molar-refractivity contribution >= 4 is 22.4 Å². The first-order valence-corrected chi connectivity index (χ1v) is 12.7. The van der Waals surface area contributed by atoms with Crippen LogP contribution in [0.1, 0.15) is 50.3 Å². The summed E-state index contributed by atoms with van der Waals surface area (Å²) in [5.74, 6) is 1.51. The van der Waals surface area contributed by atoms with E-state index in [1.807, 2.05) is 18.2 Å². The minimum Gasteiger partial charge on any atom is -0.493 e. The summed E-state index contributed by atoms with van der Waals surface area (Å²) in [4.78, 5) is 2.67. The van der Waals surface area contributed by atoms with E-state index in [4.69, 9.17) is 9.47 Å². The van der Waals surface area contributed by atoms with Crippen LogP contribution in [-0.4, -0.2) is 47.2 Å². The van der Waals surface area contributed by atoms with E-state index >= 15 is 0 Å². The number of hydrogen-bond acceptors (Lipinski definition) is 5. The highest BCUT2D eigenvalue weighted by atomic mass is 35.5. The second kappa shape index (κ2) is 11.6. The normalized spacial score (nSPS) is 14.3. The molecule has 0 aromatic heterocycles. The van der Waals surface area contributed by atoms with E-state index in [1.54, 1.807) is 26.4 Å². The van der Waals surface area contributed by atoms with Gasteiger partial charge in [-0.2, -0.15) is 0 Å². The molecule has 184 valence electrons. The third-order valence-electron chi connectivity index (χ3n) is 6.57. The van der Waals surface area contributed by atoms with Gasteiger partial charge >= 0.3 is 0 Å². The molecule has 1 heterocycles. The number of halogens is 1. The van der Waals surface area contributed by atoms with E-state index in [9.17, 15) is 8.42 Å². The lowest BCUT2D eigenvalue weighted by molar-refractivity contribution is 0.250. The zero-order chi connectivity index (χ0) is 23.4. The van der Waals surface area contributed by atoms with Crippen molar-refractivity contribution in [1.82, 2.24) is 9.62 Å². The largest absolute Gasteiger partial charge is 0.493 e. The maximum Gasteiger partial charge on any atom is 0.240 e. The Morgan fingerprint density at radius 1 is 1.03 bits per heavy atom. The Labute approximate surface area is 205 Å². The second-order valence-electron chi connectivity index (χ2n) is 9.02. The average molecular weight is 497 g/mol. The first-order chi connectivity index (χ1) is 15.2. The maximum atomic E-state index is 12.7. The lowest BCUT2D eigenvalue weighted by atomic mass is 9.82. The third kappa shape index (κ3) is 6.63. The number of rotatable bonds is 10. The van der Waals surface area contributed by atoms with Gasteiger partial charge in [0.2, 0.25) is 10.0 Å². The minimum atomic E-state index is -3.50. The lowest BCUT2D eigenvalue weighted by Crippen LogP contribution is -2.33. The van der Waals surface area contributed by atoms with E-state index in [-0.39, 0.29) is 17.8 Å². The van der Waals surface area contributed by atoms with E-state index in [0.29, 0.717) is 11.4 Å². The molecule has 0 bridgehead atoms. The van der Waals surface area contributed by atoms with Crippen molar-refractivity contribution in [2.24, 2.45) is 0 Å². The Morgan fingerprint density at radius 3 is 2.21 bits per heavy atom. The molecule has 0 unspecified atom stereocenters. The van der Waals surface area contributed by atoms with Crippen LogP contribution in [0, 0.1) is 0 Å². The van der Waals surface area contributed by atoms with Crippen LogP contribution in [0.4, 0.5) is 0 Å². The van der Waals surface area contributed by atoms with Gasteiger partial charge in [-0.15, -0.1) is 12.4 Å². The highest BCUT2D eigenvalue weighted by molar-refractivity contribution is 7.89. The summed E-state index contributed by atoms with van der Waals surface area (Å²) in [5.41, 5.74) is 3.72. The zero-order valence-electron chi connectivity index (χ0n) is 20.3. The van der Waals surface area contributed by atoms with E-state index in [2.05, 4.69) is 36.5 Å². The van der Waals surface area contributed by atoms with Crippen LogP contribution in [0.2, 0.25) is 0 Å². The standard InChI is InChI=1S/C25H36N2O4S.ClH/c1-6-25(2,3)21-8-10-22(11-9-21)32(28,29)26-13-7-14-27-15-12-19-16-23(30-4)24(31-5)17-20(19)18-27;/h8-11,16-17,26H,6-7,12-15,18H2,1-5H3;1H. The summed E-state index contributed by atoms with van der Waals surface area (Å²) in [6.45, 7) is 9.50. The van der Waals surface area contributed by atoms with E-state index in [0.717, 1.165) is 56.0 Å². The van der Waals surface area contributed by atoms with Gasteiger partial charge in [0.25, 0.3) is 0 Å². The molecule has 33 heavy (non-hydrogen) atoms. The molecule has 0 saturated heterocycles. The molecule has 0 amide bonds. The number of fused-ring (bicyclic) bond motifs is 1. The van der Waals surface area contributed by atoms with Crippen LogP contribution in [0.3, 0.4) is 0 Å². The fraction of sp³-hybridized carbons (Fsp3) is 0.520. The fourth-order valence-electron chi connectivity index (χ4n) is 4.01. The Balaban J connectivity index is 0.00000385. The van der Waals surface area contributed by atoms with Gasteiger partial charge in [-0.25, -0.2) is 13.1 Å². The molecule has 1 aliphatic rings. The molecule has 8 heteroatoms. The van der Waals surface area contributed by atoms with Crippen molar-refractivity contribution in [2.75, 3.05) is 33.9 Å². The summed E-state index contributed by atoms with van der Waals surface area (Å²) < 4.78 is 38.9. The lowest BCUT2D eigenvalue weighted by Gasteiger charge is -2.29. The topological polar surface area (TPSA) is 67.9 Å². The van der Waals surface area contributed by atoms with Crippen molar-refractivity contribution < 1.29 is 17.9 Å². The molecule has 0 aliphatic carbocycles. The molecule has 0 saturated carbocycles. The summed E-state index contributed by atoms with van der Waals surface area (Å²) in [7, 11) is -0.195. The highest BCUT2D eigenvalue weighted by Gasteiger charge is 2.21. The predicted octanol–water partition coefficient (Wildman–Crippen LogP) is 4.54. The van der Waals surface area contributed by atoms with Gasteiger partial charge in [0.05, 0.1) is 19.1 Å². The van der Waals surface area contributed by atoms with Crippen molar-refractivity contribution in [1.29, 1.82) is 0 Å². The fourth-order valence-corrected chi connectivity index (χ4v) is 5.09. The van der Waals surface area contributed by atoms with Gasteiger partial charge in [0.1, 0.15) is 0 Å². The van der Waals surface area contributed by atoms with Crippen LogP contribution >= 0.6 is 12.4 Å². The van der Waals surface area contributed by atoms with Gasteiger partial charge in [-0.3, -0.25) is 4.90 Å². The van der Waals surface area contributed by atoms with Crippen molar-refractivity contribution in [3.63, 3.8) is 0 Å². The second-order valence-corrected chi connectivity index (χ2v) is 10.8. The number of hydrogen-bond donors (Lipinski definition) is 1. The Kier molecular flexibility index (Phi) is 9.61. The first kappa shape index (κ1) is 27.4. The molecule has 3 rings (SSSR count). The summed E-state index contributed by atoms with van der Waals surface area (Å²) in [6.07, 6.45) is 2.70. The maximum absolute atomic E-state index is 12.7. The SMILES string of the molecule is CCC(C)(C)c1ccc(S(=O)(=O)NCCCN2CCc3cc(OC)c(OC)cc3C2)cc1.Cl. The molecule has 2 aromatic rings. The quantitative estimate of drug-likeness (QED) is 0.489. The molecule has 1 aliphatic heterocycles. The predicted molar refractivity (Wildman–Crippen MR) is 135 cm³/mol. The molecular weight excluding hydrogens is 460 g/mol. The van der Waals surface area contributed by atoms with Crippen molar-refractivity contribution in [3.05, 3.63) is 53.1 Å². The van der Waals surface area contributed by atoms with Gasteiger partial charge < -0.3 is 9.47 Å². The molecule has 0 atom stereocenters. The number of benzene rings is 2. The number of nitrogens with one attached hydrogen (secondary N) is 1. The van der Waals surface area contributed by atoms with Crippen LogP contribution in [0.15, 0.2) is 41.3 Å². The van der Waals surface area contributed by atoms with Crippen molar-refractivity contribution in [3.8, 4) is 11.5 Å². The van der Waals surface area contributed by atoms with Crippen LogP contribution in [0.5, 0.6) is 11.5 Å². The number of ether oxygens (including phenoxy) is 2. The Bertz CT molecular complexity index is 1020. The third-order valence-corrected chi connectivity index (χ3v) is 8.05. The minimum absolute atomic E-state index is 0. The number of nitrogens with zero attached hydrogens (tertiary/aromatic N) is 1. The summed E-state index contributed by atoms with van der Waals surface area (Å²) >= 11 is 0. The molecule has 1 N–H and O–H groups in total. The van der Waals surface area contributed by atoms with Crippen LogP contribution in [-0.2, 0) is 28.4 Å². The Morgan fingerprint density at radius 2 is 1.64 bits per heavy atom. The van der Waals surface area contributed by atoms with E-state index in [1.165, 1.54) is 11.1 Å². The molecule has 0 spiro atoms. The molecule has 6 nitrogen and oxygen atoms in total. The number of sulfonamides is 1. The van der Waals surface area contributed by atoms with Gasteiger partial charge in [-0.1, -0.05) is 32.9 Å². The highest BCUT2D eigenvalue weighted by Crippen LogP contribution is 2.33. The smallest absolute Gasteiger partial charge is 0.240 e. The number of methoxy groups -OCH3 is 2. The molecule has 0 fully saturated rings. The van der Waals surface area contributed by atoms with Gasteiger partial charge in [-0.05, 0) is 72.2 Å². The monoisotopic (exact) mass is 496 g/mol. The molecule has 0 radical (unpaired) electrons. The molecular formula is C25H37ClN2O4S. The van der Waals surface area contributed by atoms with Crippen LogP contribution < -0.4 is 14.2 Å².